The Labute approximate surface area is 148 Å². The van der Waals surface area contributed by atoms with Crippen molar-refractivity contribution in [3.63, 3.8) is 0 Å². The smallest absolute Gasteiger partial charge is 0.415 e. The molecule has 0 N–H and O–H groups in total. The van der Waals surface area contributed by atoms with Crippen LogP contribution in [0.5, 0.6) is 5.75 Å². The largest absolute Gasteiger partial charge is 0.486 e. The Morgan fingerprint density at radius 1 is 1.20 bits per heavy atom. The molecule has 0 saturated carbocycles. The van der Waals surface area contributed by atoms with E-state index >= 15 is 0 Å². The average Bonchev–Trinajstić information content (AvgIpc) is 2.59. The molecule has 1 aliphatic rings. The van der Waals surface area contributed by atoms with Crippen LogP contribution in [-0.2, 0) is 11.3 Å². The zero-order valence-corrected chi connectivity index (χ0v) is 14.6. The predicted molar refractivity (Wildman–Crippen MR) is 94.1 cm³/mol. The minimum atomic E-state index is -0.316. The first-order valence-electron chi connectivity index (χ1n) is 8.43. The van der Waals surface area contributed by atoms with Gasteiger partial charge < -0.3 is 14.4 Å². The summed E-state index contributed by atoms with van der Waals surface area (Å²) in [7, 11) is 0. The van der Waals surface area contributed by atoms with Gasteiger partial charge in [-0.25, -0.2) is 9.36 Å². The minimum absolute atomic E-state index is 0.0171. The highest BCUT2D eigenvalue weighted by molar-refractivity contribution is 5.69. The number of hydrogen-bond donors (Lipinski definition) is 0. The zero-order valence-electron chi connectivity index (χ0n) is 14.6. The van der Waals surface area contributed by atoms with Crippen LogP contribution in [0.4, 0.5) is 4.79 Å². The van der Waals surface area contributed by atoms with Crippen molar-refractivity contribution >= 4 is 6.09 Å². The molecule has 25 heavy (non-hydrogen) atoms. The topological polar surface area (TPSA) is 42.6 Å². The summed E-state index contributed by atoms with van der Waals surface area (Å²) in [6.45, 7) is 5.53. The maximum Gasteiger partial charge on any atom is 0.415 e. The maximum atomic E-state index is 11.8. The van der Waals surface area contributed by atoms with E-state index in [1.54, 1.807) is 17.9 Å². The molecule has 0 bridgehead atoms. The number of likely N-dealkylation sites (tertiary alicyclic amines) is 1. The summed E-state index contributed by atoms with van der Waals surface area (Å²) in [5, 5.41) is 0. The summed E-state index contributed by atoms with van der Waals surface area (Å²) in [4.78, 5) is 13.4. The molecule has 0 radical (unpaired) electrons. The van der Waals surface area contributed by atoms with Crippen molar-refractivity contribution in [1.29, 1.82) is 0 Å². The second-order valence-electron chi connectivity index (χ2n) is 6.10. The summed E-state index contributed by atoms with van der Waals surface area (Å²) in [6.07, 6.45) is 5.47. The molecule has 0 unspecified atom stereocenters. The lowest BCUT2D eigenvalue weighted by Gasteiger charge is -2.37. The summed E-state index contributed by atoms with van der Waals surface area (Å²) >= 11 is 0. The molecule has 2 aromatic rings. The lowest BCUT2D eigenvalue weighted by Crippen LogP contribution is -2.56. The SMILES string of the molecule is C/C=C(\C)OC(=O)N1CC(Oc2cc[n+](Cc3ccccc3)cc2)C1. The number of allylic oxidation sites excluding steroid dienone is 2. The first kappa shape index (κ1) is 17.0. The summed E-state index contributed by atoms with van der Waals surface area (Å²) in [5.74, 6) is 1.42. The van der Waals surface area contributed by atoms with Crippen LogP contribution in [0.2, 0.25) is 0 Å². The van der Waals surface area contributed by atoms with Crippen molar-refractivity contribution in [3.05, 3.63) is 72.3 Å². The number of amides is 1. The second-order valence-corrected chi connectivity index (χ2v) is 6.10. The van der Waals surface area contributed by atoms with Crippen molar-refractivity contribution in [3.8, 4) is 5.75 Å². The number of ether oxygens (including phenoxy) is 2. The molecule has 5 heteroatoms. The highest BCUT2D eigenvalue weighted by atomic mass is 16.6. The van der Waals surface area contributed by atoms with Crippen LogP contribution in [0, 0.1) is 0 Å². The average molecular weight is 339 g/mol. The van der Waals surface area contributed by atoms with Gasteiger partial charge in [-0.3, -0.25) is 0 Å². The van der Waals surface area contributed by atoms with Crippen LogP contribution in [-0.4, -0.2) is 30.2 Å². The monoisotopic (exact) mass is 339 g/mol. The third-order valence-electron chi connectivity index (χ3n) is 4.13. The summed E-state index contributed by atoms with van der Waals surface area (Å²) in [5.41, 5.74) is 1.26. The van der Waals surface area contributed by atoms with E-state index in [4.69, 9.17) is 9.47 Å². The van der Waals surface area contributed by atoms with Gasteiger partial charge in [0.25, 0.3) is 0 Å². The van der Waals surface area contributed by atoms with Crippen LogP contribution in [0.15, 0.2) is 66.7 Å². The summed E-state index contributed by atoms with van der Waals surface area (Å²) < 4.78 is 13.2. The van der Waals surface area contributed by atoms with Crippen molar-refractivity contribution in [2.75, 3.05) is 13.1 Å². The zero-order chi connectivity index (χ0) is 17.6. The van der Waals surface area contributed by atoms with Gasteiger partial charge in [0.05, 0.1) is 13.1 Å². The highest BCUT2D eigenvalue weighted by Crippen LogP contribution is 2.18. The van der Waals surface area contributed by atoms with Crippen molar-refractivity contribution in [1.82, 2.24) is 4.90 Å². The predicted octanol–water partition coefficient (Wildman–Crippen LogP) is 3.15. The Kier molecular flexibility index (Phi) is 5.33. The van der Waals surface area contributed by atoms with Crippen LogP contribution in [0.3, 0.4) is 0 Å². The van der Waals surface area contributed by atoms with Crippen LogP contribution in [0.25, 0.3) is 0 Å². The number of benzene rings is 1. The fourth-order valence-corrected chi connectivity index (χ4v) is 2.54. The number of aromatic nitrogens is 1. The molecule has 0 spiro atoms. The Morgan fingerprint density at radius 2 is 1.88 bits per heavy atom. The Hall–Kier alpha value is -2.82. The van der Waals surface area contributed by atoms with Gasteiger partial charge in [0.15, 0.2) is 18.9 Å². The fourth-order valence-electron chi connectivity index (χ4n) is 2.54. The van der Waals surface area contributed by atoms with E-state index < -0.39 is 0 Å². The van der Waals surface area contributed by atoms with Gasteiger partial charge in [-0.15, -0.1) is 0 Å². The van der Waals surface area contributed by atoms with Crippen LogP contribution < -0.4 is 9.30 Å². The molecular weight excluding hydrogens is 316 g/mol. The molecule has 1 aromatic heterocycles. The molecule has 1 saturated heterocycles. The molecule has 2 heterocycles. The number of hydrogen-bond acceptors (Lipinski definition) is 3. The van der Waals surface area contributed by atoms with Gasteiger partial charge in [0.2, 0.25) is 0 Å². The number of carbonyl (C=O) groups is 1. The number of rotatable bonds is 5. The Bertz CT molecular complexity index is 735. The Balaban J connectivity index is 1.46. The van der Waals surface area contributed by atoms with Gasteiger partial charge in [0, 0.05) is 17.7 Å². The van der Waals surface area contributed by atoms with Gasteiger partial charge in [-0.05, 0) is 19.9 Å². The molecular formula is C20H23N2O3+. The molecule has 3 rings (SSSR count). The van der Waals surface area contributed by atoms with Gasteiger partial charge in [-0.1, -0.05) is 30.3 Å². The van der Waals surface area contributed by atoms with E-state index in [0.717, 1.165) is 12.3 Å². The van der Waals surface area contributed by atoms with E-state index in [-0.39, 0.29) is 12.2 Å². The van der Waals surface area contributed by atoms with E-state index in [1.165, 1.54) is 5.56 Å². The Morgan fingerprint density at radius 3 is 2.52 bits per heavy atom. The third kappa shape index (κ3) is 4.59. The van der Waals surface area contributed by atoms with Crippen LogP contribution >= 0.6 is 0 Å². The van der Waals surface area contributed by atoms with E-state index in [2.05, 4.69) is 16.7 Å². The number of carbonyl (C=O) groups excluding carboxylic acids is 1. The maximum absolute atomic E-state index is 11.8. The van der Waals surface area contributed by atoms with Crippen molar-refractivity contribution in [2.24, 2.45) is 0 Å². The van der Waals surface area contributed by atoms with E-state index in [1.807, 2.05) is 49.6 Å². The lowest BCUT2D eigenvalue weighted by atomic mass is 10.2. The standard InChI is InChI=1S/C20H23N2O3/c1-3-16(2)24-20(23)22-14-19(15-22)25-18-9-11-21(12-10-18)13-17-7-5-4-6-8-17/h3-12,19H,13-15H2,1-2H3/q+1/b16-3+. The fraction of sp³-hybridized carbons (Fsp3) is 0.300. The molecule has 130 valence electrons. The normalized spacial score (nSPS) is 14.8. The third-order valence-corrected chi connectivity index (χ3v) is 4.13. The molecule has 1 aliphatic heterocycles. The molecule has 1 amide bonds. The first-order valence-corrected chi connectivity index (χ1v) is 8.43. The quantitative estimate of drug-likeness (QED) is 0.621. The van der Waals surface area contributed by atoms with Gasteiger partial charge in [-0.2, -0.15) is 0 Å². The molecule has 0 aliphatic carbocycles. The number of pyridine rings is 1. The van der Waals surface area contributed by atoms with Crippen LogP contribution in [0.1, 0.15) is 19.4 Å². The molecule has 1 aromatic carbocycles. The molecule has 1 fully saturated rings. The summed E-state index contributed by atoms with van der Waals surface area (Å²) in [6, 6.07) is 14.2. The minimum Gasteiger partial charge on any atom is -0.486 e. The van der Waals surface area contributed by atoms with Gasteiger partial charge >= 0.3 is 6.09 Å². The van der Waals surface area contributed by atoms with E-state index in [9.17, 15) is 4.79 Å². The van der Waals surface area contributed by atoms with E-state index in [0.29, 0.717) is 18.8 Å². The first-order chi connectivity index (χ1) is 12.1. The molecule has 5 nitrogen and oxygen atoms in total. The van der Waals surface area contributed by atoms with Gasteiger partial charge in [0.1, 0.15) is 17.6 Å². The lowest BCUT2D eigenvalue weighted by molar-refractivity contribution is -0.688. The van der Waals surface area contributed by atoms with Crippen molar-refractivity contribution < 1.29 is 18.8 Å². The van der Waals surface area contributed by atoms with Crippen molar-refractivity contribution in [2.45, 2.75) is 26.5 Å². The number of nitrogens with zero attached hydrogens (tertiary/aromatic N) is 2. The highest BCUT2D eigenvalue weighted by Gasteiger charge is 2.33. The molecule has 0 atom stereocenters. The second kappa shape index (κ2) is 7.83.